The van der Waals surface area contributed by atoms with Crippen molar-refractivity contribution in [1.82, 2.24) is 10.2 Å². The molecule has 2 N–H and O–H groups in total. The number of aliphatic hydroxyl groups is 1. The second-order valence-corrected chi connectivity index (χ2v) is 4.47. The summed E-state index contributed by atoms with van der Waals surface area (Å²) in [5.74, 6) is 0. The number of nitrogens with one attached hydrogen (secondary N) is 1. The fraction of sp³-hybridized carbons (Fsp3) is 0.357. The number of fused-ring (bicyclic) bond motifs is 1. The van der Waals surface area contributed by atoms with Gasteiger partial charge in [0, 0.05) is 11.9 Å². The third-order valence-electron chi connectivity index (χ3n) is 2.87. The van der Waals surface area contributed by atoms with Crippen LogP contribution in [-0.4, -0.2) is 28.0 Å². The summed E-state index contributed by atoms with van der Waals surface area (Å²) in [6.07, 6.45) is 1.26. The molecule has 1 aromatic carbocycles. The number of hydrogen-bond acceptors (Lipinski definition) is 5. The summed E-state index contributed by atoms with van der Waals surface area (Å²) < 4.78 is 0. The van der Waals surface area contributed by atoms with E-state index in [0.29, 0.717) is 12.2 Å². The third kappa shape index (κ3) is 3.18. The number of benzene rings is 1. The first-order valence-corrected chi connectivity index (χ1v) is 6.30. The summed E-state index contributed by atoms with van der Waals surface area (Å²) in [7, 11) is 0. The van der Waals surface area contributed by atoms with E-state index in [4.69, 9.17) is 5.26 Å². The number of nitrogens with zero attached hydrogens (tertiary/aromatic N) is 3. The SMILES string of the molecule is CC(O)CCCNc1c(C#N)nnc2ccccc12. The van der Waals surface area contributed by atoms with Gasteiger partial charge in [0.2, 0.25) is 0 Å². The molecule has 0 saturated heterocycles. The molecule has 0 spiro atoms. The molecule has 0 aliphatic carbocycles. The minimum absolute atomic E-state index is 0.301. The second kappa shape index (κ2) is 6.12. The molecule has 0 saturated carbocycles. The van der Waals surface area contributed by atoms with Crippen LogP contribution < -0.4 is 5.32 Å². The van der Waals surface area contributed by atoms with Gasteiger partial charge in [-0.3, -0.25) is 0 Å². The smallest absolute Gasteiger partial charge is 0.186 e. The van der Waals surface area contributed by atoms with Gasteiger partial charge in [-0.05, 0) is 25.8 Å². The zero-order valence-corrected chi connectivity index (χ0v) is 10.8. The summed E-state index contributed by atoms with van der Waals surface area (Å²) in [6.45, 7) is 2.46. The highest BCUT2D eigenvalue weighted by Gasteiger charge is 2.09. The zero-order chi connectivity index (χ0) is 13.7. The Morgan fingerprint density at radius 2 is 2.16 bits per heavy atom. The molecule has 0 fully saturated rings. The lowest BCUT2D eigenvalue weighted by Crippen LogP contribution is -2.09. The Balaban J connectivity index is 2.22. The van der Waals surface area contributed by atoms with Crippen LogP contribution in [-0.2, 0) is 0 Å². The molecule has 1 heterocycles. The molecule has 1 atom stereocenters. The Morgan fingerprint density at radius 3 is 2.89 bits per heavy atom. The van der Waals surface area contributed by atoms with E-state index in [1.165, 1.54) is 0 Å². The van der Waals surface area contributed by atoms with Gasteiger partial charge in [0.1, 0.15) is 6.07 Å². The Hall–Kier alpha value is -2.19. The van der Waals surface area contributed by atoms with Gasteiger partial charge in [-0.1, -0.05) is 18.2 Å². The molecule has 2 rings (SSSR count). The van der Waals surface area contributed by atoms with Crippen molar-refractivity contribution < 1.29 is 5.11 Å². The summed E-state index contributed by atoms with van der Waals surface area (Å²) in [5, 5.41) is 30.4. The first-order chi connectivity index (χ1) is 9.22. The largest absolute Gasteiger partial charge is 0.393 e. The standard InChI is InChI=1S/C14H16N4O/c1-10(19)5-4-8-16-14-11-6-2-3-7-12(11)17-18-13(14)9-15/h2-3,6-7,10,19H,4-5,8H2,1H3,(H,16,17). The number of nitriles is 1. The molecule has 0 aliphatic rings. The molecule has 0 bridgehead atoms. The van der Waals surface area contributed by atoms with Crippen LogP contribution in [0.4, 0.5) is 5.69 Å². The molecule has 98 valence electrons. The van der Waals surface area contributed by atoms with Gasteiger partial charge in [0.25, 0.3) is 0 Å². The Kier molecular flexibility index (Phi) is 4.26. The molecular formula is C14H16N4O. The topological polar surface area (TPSA) is 81.8 Å². The Bertz CT molecular complexity index is 604. The maximum atomic E-state index is 9.22. The summed E-state index contributed by atoms with van der Waals surface area (Å²) in [6, 6.07) is 9.63. The van der Waals surface area contributed by atoms with Gasteiger partial charge in [0.05, 0.1) is 17.3 Å². The van der Waals surface area contributed by atoms with Crippen molar-refractivity contribution in [2.24, 2.45) is 0 Å². The molecule has 0 radical (unpaired) electrons. The van der Waals surface area contributed by atoms with Crippen molar-refractivity contribution >= 4 is 16.6 Å². The van der Waals surface area contributed by atoms with Crippen molar-refractivity contribution in [1.29, 1.82) is 5.26 Å². The van der Waals surface area contributed by atoms with Crippen LogP contribution in [0.25, 0.3) is 10.9 Å². The monoisotopic (exact) mass is 256 g/mol. The van der Waals surface area contributed by atoms with E-state index in [1.54, 1.807) is 6.92 Å². The van der Waals surface area contributed by atoms with Gasteiger partial charge in [0.15, 0.2) is 5.69 Å². The van der Waals surface area contributed by atoms with Gasteiger partial charge in [-0.25, -0.2) is 0 Å². The van der Waals surface area contributed by atoms with Gasteiger partial charge in [-0.15, -0.1) is 10.2 Å². The highest BCUT2D eigenvalue weighted by Crippen LogP contribution is 2.23. The maximum absolute atomic E-state index is 9.22. The number of aromatic nitrogens is 2. The first-order valence-electron chi connectivity index (χ1n) is 6.30. The normalized spacial score (nSPS) is 12.1. The van der Waals surface area contributed by atoms with Crippen LogP contribution in [0.3, 0.4) is 0 Å². The van der Waals surface area contributed by atoms with Gasteiger partial charge < -0.3 is 10.4 Å². The van der Waals surface area contributed by atoms with E-state index in [0.717, 1.165) is 29.4 Å². The number of hydrogen-bond donors (Lipinski definition) is 2. The first kappa shape index (κ1) is 13.2. The third-order valence-corrected chi connectivity index (χ3v) is 2.87. The number of anilines is 1. The van der Waals surface area contributed by atoms with Gasteiger partial charge >= 0.3 is 0 Å². The van der Waals surface area contributed by atoms with Crippen LogP contribution >= 0.6 is 0 Å². The molecule has 0 aliphatic heterocycles. The molecule has 5 nitrogen and oxygen atoms in total. The Morgan fingerprint density at radius 1 is 1.37 bits per heavy atom. The van der Waals surface area contributed by atoms with Crippen LogP contribution in [0, 0.1) is 11.3 Å². The predicted octanol–water partition coefficient (Wildman–Crippen LogP) is 2.07. The lowest BCUT2D eigenvalue weighted by Gasteiger charge is -2.10. The number of rotatable bonds is 5. The molecule has 1 unspecified atom stereocenters. The lowest BCUT2D eigenvalue weighted by molar-refractivity contribution is 0.183. The molecule has 5 heteroatoms. The molecule has 0 amide bonds. The van der Waals surface area contributed by atoms with E-state index < -0.39 is 0 Å². The highest BCUT2D eigenvalue weighted by molar-refractivity contribution is 5.92. The maximum Gasteiger partial charge on any atom is 0.186 e. The molecular weight excluding hydrogens is 240 g/mol. The van der Waals surface area contributed by atoms with Crippen molar-refractivity contribution in [2.45, 2.75) is 25.9 Å². The highest BCUT2D eigenvalue weighted by atomic mass is 16.3. The predicted molar refractivity (Wildman–Crippen MR) is 73.7 cm³/mol. The van der Waals surface area contributed by atoms with Crippen LogP contribution in [0.1, 0.15) is 25.5 Å². The van der Waals surface area contributed by atoms with E-state index in [2.05, 4.69) is 21.6 Å². The summed E-state index contributed by atoms with van der Waals surface area (Å²) >= 11 is 0. The second-order valence-electron chi connectivity index (χ2n) is 4.47. The minimum Gasteiger partial charge on any atom is -0.393 e. The number of aliphatic hydroxyl groups excluding tert-OH is 1. The van der Waals surface area contributed by atoms with E-state index in [9.17, 15) is 5.11 Å². The fourth-order valence-electron chi connectivity index (χ4n) is 1.92. The van der Waals surface area contributed by atoms with Gasteiger partial charge in [-0.2, -0.15) is 5.26 Å². The lowest BCUT2D eigenvalue weighted by atomic mass is 10.1. The van der Waals surface area contributed by atoms with Crippen molar-refractivity contribution in [3.05, 3.63) is 30.0 Å². The van der Waals surface area contributed by atoms with E-state index >= 15 is 0 Å². The molecule has 1 aromatic heterocycles. The average molecular weight is 256 g/mol. The zero-order valence-electron chi connectivity index (χ0n) is 10.8. The molecule has 2 aromatic rings. The van der Waals surface area contributed by atoms with E-state index in [-0.39, 0.29) is 6.10 Å². The summed E-state index contributed by atoms with van der Waals surface area (Å²) in [4.78, 5) is 0. The van der Waals surface area contributed by atoms with E-state index in [1.807, 2.05) is 24.3 Å². The van der Waals surface area contributed by atoms with Crippen LogP contribution in [0.15, 0.2) is 24.3 Å². The van der Waals surface area contributed by atoms with Crippen molar-refractivity contribution in [3.63, 3.8) is 0 Å². The fourth-order valence-corrected chi connectivity index (χ4v) is 1.92. The van der Waals surface area contributed by atoms with Crippen molar-refractivity contribution in [3.8, 4) is 6.07 Å². The van der Waals surface area contributed by atoms with Crippen LogP contribution in [0.5, 0.6) is 0 Å². The Labute approximate surface area is 111 Å². The minimum atomic E-state index is -0.301. The molecule has 19 heavy (non-hydrogen) atoms. The van der Waals surface area contributed by atoms with Crippen molar-refractivity contribution in [2.75, 3.05) is 11.9 Å². The average Bonchev–Trinajstić information content (AvgIpc) is 2.43. The quantitative estimate of drug-likeness (QED) is 0.800. The summed E-state index contributed by atoms with van der Waals surface area (Å²) in [5.41, 5.74) is 1.79. The van der Waals surface area contributed by atoms with Crippen LogP contribution in [0.2, 0.25) is 0 Å².